The molecule has 0 spiro atoms. The molecule has 1 aliphatic rings. The van der Waals surface area contributed by atoms with Gasteiger partial charge in [-0.15, -0.1) is 0 Å². The van der Waals surface area contributed by atoms with Crippen LogP contribution in [-0.2, 0) is 14.3 Å². The van der Waals surface area contributed by atoms with Crippen molar-refractivity contribution in [2.45, 2.75) is 39.2 Å². The van der Waals surface area contributed by atoms with E-state index < -0.39 is 11.5 Å². The minimum absolute atomic E-state index is 0.0565. The van der Waals surface area contributed by atoms with Gasteiger partial charge in [0.1, 0.15) is 11.5 Å². The van der Waals surface area contributed by atoms with Crippen molar-refractivity contribution in [2.24, 2.45) is 11.3 Å². The molecule has 1 aliphatic carbocycles. The molecule has 2 rings (SSSR count). The summed E-state index contributed by atoms with van der Waals surface area (Å²) in [5, 5.41) is 0. The van der Waals surface area contributed by atoms with Gasteiger partial charge in [-0.1, -0.05) is 32.0 Å². The fourth-order valence-electron chi connectivity index (χ4n) is 3.25. The highest BCUT2D eigenvalue weighted by Crippen LogP contribution is 2.47. The summed E-state index contributed by atoms with van der Waals surface area (Å²) in [5.41, 5.74) is -0.217. The lowest BCUT2D eigenvalue weighted by molar-refractivity contribution is -0.162. The molecule has 0 N–H and O–H groups in total. The molecule has 0 aliphatic heterocycles. The number of benzene rings is 1. The molecule has 0 radical (unpaired) electrons. The SMILES string of the molecule is COC(=O)C1(C(C)C)CCCC1OC(=O)c1ccccc1. The lowest BCUT2D eigenvalue weighted by Gasteiger charge is -2.35. The maximum absolute atomic E-state index is 12.3. The van der Waals surface area contributed by atoms with Crippen LogP contribution in [0.4, 0.5) is 0 Å². The second-order valence-corrected chi connectivity index (χ2v) is 5.84. The van der Waals surface area contributed by atoms with Crippen LogP contribution in [0.1, 0.15) is 43.5 Å². The lowest BCUT2D eigenvalue weighted by atomic mass is 9.74. The van der Waals surface area contributed by atoms with E-state index in [2.05, 4.69) is 0 Å². The van der Waals surface area contributed by atoms with Crippen LogP contribution >= 0.6 is 0 Å². The van der Waals surface area contributed by atoms with Gasteiger partial charge in [0.25, 0.3) is 0 Å². The first kappa shape index (κ1) is 15.5. The zero-order valence-corrected chi connectivity index (χ0v) is 12.8. The fourth-order valence-corrected chi connectivity index (χ4v) is 3.25. The third-order valence-corrected chi connectivity index (χ3v) is 4.49. The van der Waals surface area contributed by atoms with E-state index >= 15 is 0 Å². The fraction of sp³-hybridized carbons (Fsp3) is 0.529. The Balaban J connectivity index is 2.22. The highest BCUT2D eigenvalue weighted by atomic mass is 16.6. The van der Waals surface area contributed by atoms with Gasteiger partial charge < -0.3 is 9.47 Å². The largest absolute Gasteiger partial charge is 0.468 e. The molecule has 0 bridgehead atoms. The van der Waals surface area contributed by atoms with Crippen LogP contribution in [0.5, 0.6) is 0 Å². The normalized spacial score (nSPS) is 24.9. The predicted octanol–water partition coefficient (Wildman–Crippen LogP) is 3.21. The van der Waals surface area contributed by atoms with Gasteiger partial charge in [0.05, 0.1) is 12.7 Å². The van der Waals surface area contributed by atoms with Crippen molar-refractivity contribution in [3.05, 3.63) is 35.9 Å². The Morgan fingerprint density at radius 2 is 1.90 bits per heavy atom. The van der Waals surface area contributed by atoms with Crippen LogP contribution in [0.25, 0.3) is 0 Å². The van der Waals surface area contributed by atoms with Crippen LogP contribution in [0.3, 0.4) is 0 Å². The van der Waals surface area contributed by atoms with E-state index in [1.54, 1.807) is 24.3 Å². The first-order valence-corrected chi connectivity index (χ1v) is 7.36. The highest BCUT2D eigenvalue weighted by molar-refractivity contribution is 5.90. The molecule has 2 atom stereocenters. The summed E-state index contributed by atoms with van der Waals surface area (Å²) < 4.78 is 10.6. The van der Waals surface area contributed by atoms with Crippen molar-refractivity contribution in [1.29, 1.82) is 0 Å². The Bertz CT molecular complexity index is 509. The molecule has 0 aromatic heterocycles. The third kappa shape index (κ3) is 2.80. The van der Waals surface area contributed by atoms with Crippen LogP contribution < -0.4 is 0 Å². The van der Waals surface area contributed by atoms with Crippen molar-refractivity contribution in [3.8, 4) is 0 Å². The average Bonchev–Trinajstić information content (AvgIpc) is 2.92. The number of carbonyl (C=O) groups excluding carboxylic acids is 2. The monoisotopic (exact) mass is 290 g/mol. The molecule has 0 heterocycles. The molecule has 4 heteroatoms. The smallest absolute Gasteiger partial charge is 0.338 e. The van der Waals surface area contributed by atoms with Crippen molar-refractivity contribution >= 4 is 11.9 Å². The van der Waals surface area contributed by atoms with Gasteiger partial charge in [0.2, 0.25) is 0 Å². The van der Waals surface area contributed by atoms with Gasteiger partial charge in [-0.2, -0.15) is 0 Å². The average molecular weight is 290 g/mol. The Kier molecular flexibility index (Phi) is 4.66. The minimum Gasteiger partial charge on any atom is -0.468 e. The van der Waals surface area contributed by atoms with Crippen molar-refractivity contribution in [2.75, 3.05) is 7.11 Å². The molecule has 21 heavy (non-hydrogen) atoms. The summed E-state index contributed by atoms with van der Waals surface area (Å²) in [7, 11) is 1.39. The van der Waals surface area contributed by atoms with Gasteiger partial charge >= 0.3 is 11.9 Å². The van der Waals surface area contributed by atoms with E-state index in [0.717, 1.165) is 6.42 Å². The summed E-state index contributed by atoms with van der Waals surface area (Å²) in [4.78, 5) is 24.5. The number of hydrogen-bond acceptors (Lipinski definition) is 4. The van der Waals surface area contributed by atoms with Gasteiger partial charge in [-0.3, -0.25) is 4.79 Å². The summed E-state index contributed by atoms with van der Waals surface area (Å²) >= 11 is 0. The Morgan fingerprint density at radius 3 is 2.48 bits per heavy atom. The van der Waals surface area contributed by atoms with Gasteiger partial charge in [-0.25, -0.2) is 4.79 Å². The van der Waals surface area contributed by atoms with E-state index in [-0.39, 0.29) is 17.9 Å². The van der Waals surface area contributed by atoms with Gasteiger partial charge in [-0.05, 0) is 37.3 Å². The molecule has 1 fully saturated rings. The number of carbonyl (C=O) groups is 2. The maximum atomic E-state index is 12.3. The molecule has 0 saturated heterocycles. The number of esters is 2. The number of rotatable bonds is 4. The predicted molar refractivity (Wildman–Crippen MR) is 78.8 cm³/mol. The quantitative estimate of drug-likeness (QED) is 0.799. The second kappa shape index (κ2) is 6.29. The van der Waals surface area contributed by atoms with E-state index in [4.69, 9.17) is 9.47 Å². The molecular weight excluding hydrogens is 268 g/mol. The van der Waals surface area contributed by atoms with Crippen LogP contribution in [0.2, 0.25) is 0 Å². The first-order chi connectivity index (χ1) is 10.0. The Hall–Kier alpha value is -1.84. The van der Waals surface area contributed by atoms with Crippen LogP contribution in [0.15, 0.2) is 30.3 Å². The summed E-state index contributed by atoms with van der Waals surface area (Å²) in [5.74, 6) is -0.599. The molecule has 114 valence electrons. The molecule has 4 nitrogen and oxygen atoms in total. The topological polar surface area (TPSA) is 52.6 Å². The Labute approximate surface area is 125 Å². The van der Waals surface area contributed by atoms with Gasteiger partial charge in [0, 0.05) is 0 Å². The number of hydrogen-bond donors (Lipinski definition) is 0. The summed E-state index contributed by atoms with van der Waals surface area (Å²) in [6.07, 6.45) is 1.84. The summed E-state index contributed by atoms with van der Waals surface area (Å²) in [6.45, 7) is 3.96. The van der Waals surface area contributed by atoms with E-state index in [1.807, 2.05) is 19.9 Å². The zero-order chi connectivity index (χ0) is 15.5. The van der Waals surface area contributed by atoms with Crippen LogP contribution in [-0.4, -0.2) is 25.2 Å². The minimum atomic E-state index is -0.723. The zero-order valence-electron chi connectivity index (χ0n) is 12.8. The van der Waals surface area contributed by atoms with Gasteiger partial charge in [0.15, 0.2) is 0 Å². The van der Waals surface area contributed by atoms with Crippen molar-refractivity contribution in [3.63, 3.8) is 0 Å². The number of ether oxygens (including phenoxy) is 2. The van der Waals surface area contributed by atoms with E-state index in [9.17, 15) is 9.59 Å². The summed E-state index contributed by atoms with van der Waals surface area (Å²) in [6, 6.07) is 8.86. The maximum Gasteiger partial charge on any atom is 0.338 e. The van der Waals surface area contributed by atoms with Crippen LogP contribution in [0, 0.1) is 11.3 Å². The standard InChI is InChI=1S/C17H22O4/c1-12(2)17(16(19)20-3)11-7-10-14(17)21-15(18)13-8-5-4-6-9-13/h4-6,8-9,12,14H,7,10-11H2,1-3H3. The highest BCUT2D eigenvalue weighted by Gasteiger charge is 2.54. The van der Waals surface area contributed by atoms with Crippen molar-refractivity contribution in [1.82, 2.24) is 0 Å². The lowest BCUT2D eigenvalue weighted by Crippen LogP contribution is -2.45. The molecule has 2 unspecified atom stereocenters. The van der Waals surface area contributed by atoms with Crippen molar-refractivity contribution < 1.29 is 19.1 Å². The molecule has 1 saturated carbocycles. The molecule has 0 amide bonds. The molecule has 1 aromatic rings. The molecular formula is C17H22O4. The van der Waals surface area contributed by atoms with E-state index in [1.165, 1.54) is 7.11 Å². The third-order valence-electron chi connectivity index (χ3n) is 4.49. The second-order valence-electron chi connectivity index (χ2n) is 5.84. The first-order valence-electron chi connectivity index (χ1n) is 7.36. The number of methoxy groups -OCH3 is 1. The van der Waals surface area contributed by atoms with E-state index in [0.29, 0.717) is 18.4 Å². The molecule has 1 aromatic carbocycles. The Morgan fingerprint density at radius 1 is 1.24 bits per heavy atom.